The van der Waals surface area contributed by atoms with Crippen molar-refractivity contribution in [2.75, 3.05) is 6.54 Å². The van der Waals surface area contributed by atoms with Crippen molar-refractivity contribution in [3.8, 4) is 0 Å². The van der Waals surface area contributed by atoms with Gasteiger partial charge < -0.3 is 10.3 Å². The van der Waals surface area contributed by atoms with Crippen LogP contribution in [0.5, 0.6) is 0 Å². The summed E-state index contributed by atoms with van der Waals surface area (Å²) in [4.78, 5) is 15.5. The number of amides is 1. The third-order valence-corrected chi connectivity index (χ3v) is 7.10. The van der Waals surface area contributed by atoms with Crippen LogP contribution in [0, 0.1) is 5.82 Å². The van der Waals surface area contributed by atoms with Crippen LogP contribution >= 0.6 is 0 Å². The summed E-state index contributed by atoms with van der Waals surface area (Å²) in [5.41, 5.74) is 3.03. The second-order valence-electron chi connectivity index (χ2n) is 7.77. The van der Waals surface area contributed by atoms with Gasteiger partial charge in [0.05, 0.1) is 6.04 Å². The predicted molar refractivity (Wildman–Crippen MR) is 126 cm³/mol. The molecule has 4 rings (SSSR count). The van der Waals surface area contributed by atoms with Gasteiger partial charge in [-0.25, -0.2) is 12.8 Å². The van der Waals surface area contributed by atoms with E-state index in [4.69, 9.17) is 0 Å². The topological polar surface area (TPSA) is 91.1 Å². The lowest BCUT2D eigenvalue weighted by Crippen LogP contribution is -2.45. The summed E-state index contributed by atoms with van der Waals surface area (Å²) in [5, 5.41) is 3.90. The smallest absolute Gasteiger partial charge is 0.244 e. The highest BCUT2D eigenvalue weighted by molar-refractivity contribution is 7.89. The molecule has 0 saturated carbocycles. The van der Waals surface area contributed by atoms with Gasteiger partial charge in [0.1, 0.15) is 10.7 Å². The standard InChI is InChI=1S/C25H24FN3O3S/c1-17(29-33(31,32)24-14-8-6-12-22(24)26)25(30)28-15-20(18-9-3-2-4-10-18)21-16-27-23-13-7-5-11-19(21)23/h2-14,16-17,20,27,29H,15H2,1H3,(H,28,30)/t17-,20?/m0/s1. The zero-order valence-corrected chi connectivity index (χ0v) is 18.8. The molecule has 3 N–H and O–H groups in total. The first-order valence-electron chi connectivity index (χ1n) is 10.5. The average molecular weight is 466 g/mol. The van der Waals surface area contributed by atoms with Gasteiger partial charge in [-0.15, -0.1) is 0 Å². The lowest BCUT2D eigenvalue weighted by molar-refractivity contribution is -0.122. The molecule has 0 saturated heterocycles. The summed E-state index contributed by atoms with van der Waals surface area (Å²) >= 11 is 0. The number of aromatic nitrogens is 1. The van der Waals surface area contributed by atoms with E-state index in [9.17, 15) is 17.6 Å². The molecule has 0 aliphatic rings. The summed E-state index contributed by atoms with van der Waals surface area (Å²) < 4.78 is 41.2. The molecule has 1 amide bonds. The number of H-pyrrole nitrogens is 1. The Labute approximate surface area is 191 Å². The number of rotatable bonds is 8. The van der Waals surface area contributed by atoms with Gasteiger partial charge in [0.2, 0.25) is 15.9 Å². The van der Waals surface area contributed by atoms with E-state index in [1.807, 2.05) is 60.8 Å². The number of aromatic amines is 1. The molecule has 0 bridgehead atoms. The van der Waals surface area contributed by atoms with Gasteiger partial charge in [-0.1, -0.05) is 60.7 Å². The summed E-state index contributed by atoms with van der Waals surface area (Å²) in [6.45, 7) is 1.69. The van der Waals surface area contributed by atoms with Gasteiger partial charge in [0.25, 0.3) is 0 Å². The molecule has 2 atom stereocenters. The second-order valence-corrected chi connectivity index (χ2v) is 9.45. The minimum atomic E-state index is -4.19. The fraction of sp³-hybridized carbons (Fsp3) is 0.160. The normalized spacial score (nSPS) is 13.5. The van der Waals surface area contributed by atoms with E-state index >= 15 is 0 Å². The average Bonchev–Trinajstić information content (AvgIpc) is 3.24. The third kappa shape index (κ3) is 4.97. The molecule has 33 heavy (non-hydrogen) atoms. The molecule has 1 unspecified atom stereocenters. The second kappa shape index (κ2) is 9.56. The third-order valence-electron chi connectivity index (χ3n) is 5.53. The Morgan fingerprint density at radius 3 is 2.39 bits per heavy atom. The Kier molecular flexibility index (Phi) is 6.57. The number of benzene rings is 3. The van der Waals surface area contributed by atoms with E-state index in [2.05, 4.69) is 15.0 Å². The molecular formula is C25H24FN3O3S. The minimum Gasteiger partial charge on any atom is -0.361 e. The number of sulfonamides is 1. The Bertz CT molecular complexity index is 1370. The van der Waals surface area contributed by atoms with Crippen molar-refractivity contribution in [2.24, 2.45) is 0 Å². The van der Waals surface area contributed by atoms with Crippen molar-refractivity contribution in [3.05, 3.63) is 102 Å². The van der Waals surface area contributed by atoms with Crippen molar-refractivity contribution in [1.29, 1.82) is 0 Å². The highest BCUT2D eigenvalue weighted by Gasteiger charge is 2.26. The van der Waals surface area contributed by atoms with E-state index in [0.717, 1.165) is 34.2 Å². The van der Waals surface area contributed by atoms with Crippen molar-refractivity contribution in [2.45, 2.75) is 23.8 Å². The van der Waals surface area contributed by atoms with Gasteiger partial charge in [0, 0.05) is 29.6 Å². The molecule has 4 aromatic rings. The Hall–Kier alpha value is -3.49. The fourth-order valence-corrected chi connectivity index (χ4v) is 5.13. The minimum absolute atomic E-state index is 0.151. The zero-order chi connectivity index (χ0) is 23.4. The number of para-hydroxylation sites is 1. The predicted octanol–water partition coefficient (Wildman–Crippen LogP) is 3.92. The van der Waals surface area contributed by atoms with Gasteiger partial charge in [-0.2, -0.15) is 4.72 Å². The number of fused-ring (bicyclic) bond motifs is 1. The lowest BCUT2D eigenvalue weighted by atomic mass is 9.91. The largest absolute Gasteiger partial charge is 0.361 e. The quantitative estimate of drug-likeness (QED) is 0.368. The first kappa shape index (κ1) is 22.7. The fourth-order valence-electron chi connectivity index (χ4n) is 3.84. The van der Waals surface area contributed by atoms with E-state index < -0.39 is 32.7 Å². The number of carbonyl (C=O) groups is 1. The van der Waals surface area contributed by atoms with Crippen molar-refractivity contribution in [1.82, 2.24) is 15.0 Å². The SMILES string of the molecule is C[C@H](NS(=O)(=O)c1ccccc1F)C(=O)NCC(c1ccccc1)c1c[nH]c2ccccc12. The summed E-state index contributed by atoms with van der Waals surface area (Å²) in [7, 11) is -4.19. The highest BCUT2D eigenvalue weighted by atomic mass is 32.2. The molecule has 3 aromatic carbocycles. The molecule has 1 aromatic heterocycles. The summed E-state index contributed by atoms with van der Waals surface area (Å²) in [6, 6.07) is 21.6. The first-order chi connectivity index (χ1) is 15.9. The maximum absolute atomic E-state index is 13.9. The van der Waals surface area contributed by atoms with E-state index in [1.165, 1.54) is 19.1 Å². The van der Waals surface area contributed by atoms with Crippen molar-refractivity contribution in [3.63, 3.8) is 0 Å². The summed E-state index contributed by atoms with van der Waals surface area (Å²) in [5.74, 6) is -1.53. The lowest BCUT2D eigenvalue weighted by Gasteiger charge is -2.20. The van der Waals surface area contributed by atoms with Crippen molar-refractivity contribution < 1.29 is 17.6 Å². The van der Waals surface area contributed by atoms with Gasteiger partial charge in [-0.3, -0.25) is 4.79 Å². The number of nitrogens with one attached hydrogen (secondary N) is 3. The van der Waals surface area contributed by atoms with Crippen LogP contribution < -0.4 is 10.0 Å². The monoisotopic (exact) mass is 465 g/mol. The summed E-state index contributed by atoms with van der Waals surface area (Å²) in [6.07, 6.45) is 1.93. The van der Waals surface area contributed by atoms with E-state index in [0.29, 0.717) is 0 Å². The number of halogens is 1. The van der Waals surface area contributed by atoms with Crippen LogP contribution in [0.25, 0.3) is 10.9 Å². The van der Waals surface area contributed by atoms with Gasteiger partial charge >= 0.3 is 0 Å². The zero-order valence-electron chi connectivity index (χ0n) is 18.0. The van der Waals surface area contributed by atoms with Gasteiger partial charge in [-0.05, 0) is 36.2 Å². The van der Waals surface area contributed by atoms with Crippen LogP contribution in [0.4, 0.5) is 4.39 Å². The van der Waals surface area contributed by atoms with Crippen LogP contribution in [0.1, 0.15) is 24.0 Å². The molecule has 0 spiro atoms. The first-order valence-corrected chi connectivity index (χ1v) is 12.0. The van der Waals surface area contributed by atoms with Gasteiger partial charge in [0.15, 0.2) is 0 Å². The molecule has 1 heterocycles. The highest BCUT2D eigenvalue weighted by Crippen LogP contribution is 2.30. The van der Waals surface area contributed by atoms with Crippen LogP contribution in [-0.2, 0) is 14.8 Å². The Morgan fingerprint density at radius 2 is 1.64 bits per heavy atom. The number of hydrogen-bond acceptors (Lipinski definition) is 3. The molecule has 0 aliphatic heterocycles. The Balaban J connectivity index is 1.52. The molecule has 0 radical (unpaired) electrons. The van der Waals surface area contributed by atoms with E-state index in [1.54, 1.807) is 0 Å². The maximum atomic E-state index is 13.9. The number of carbonyl (C=O) groups excluding carboxylic acids is 1. The van der Waals surface area contributed by atoms with Crippen molar-refractivity contribution >= 4 is 26.8 Å². The van der Waals surface area contributed by atoms with E-state index in [-0.39, 0.29) is 12.5 Å². The molecule has 8 heteroatoms. The maximum Gasteiger partial charge on any atom is 0.244 e. The molecule has 6 nitrogen and oxygen atoms in total. The van der Waals surface area contributed by atoms with Crippen LogP contribution in [0.3, 0.4) is 0 Å². The van der Waals surface area contributed by atoms with Crippen LogP contribution in [0.2, 0.25) is 0 Å². The Morgan fingerprint density at radius 1 is 0.970 bits per heavy atom. The molecular weight excluding hydrogens is 441 g/mol. The number of hydrogen-bond donors (Lipinski definition) is 3. The van der Waals surface area contributed by atoms with Crippen LogP contribution in [-0.4, -0.2) is 31.9 Å². The molecule has 170 valence electrons. The molecule has 0 aliphatic carbocycles. The molecule has 0 fully saturated rings. The van der Waals surface area contributed by atoms with Crippen LogP contribution in [0.15, 0.2) is 90.0 Å².